The number of hydrogen-bond donors (Lipinski definition) is 2. The van der Waals surface area contributed by atoms with Gasteiger partial charge in [-0.3, -0.25) is 4.79 Å². The fraction of sp³-hybridized carbons (Fsp3) is 0.0952. The molecule has 0 spiro atoms. The first-order valence-corrected chi connectivity index (χ1v) is 11.2. The number of rotatable bonds is 6. The first-order valence-electron chi connectivity index (χ1n) is 8.54. The maximum atomic E-state index is 12.4. The summed E-state index contributed by atoms with van der Waals surface area (Å²) in [7, 11) is -3.61. The molecule has 150 valence electrons. The van der Waals surface area contributed by atoms with Crippen LogP contribution in [0.15, 0.2) is 76.1 Å². The minimum atomic E-state index is -3.61. The predicted molar refractivity (Wildman–Crippen MR) is 114 cm³/mol. The Morgan fingerprint density at radius 2 is 1.69 bits per heavy atom. The van der Waals surface area contributed by atoms with Crippen molar-refractivity contribution >= 4 is 37.4 Å². The summed E-state index contributed by atoms with van der Waals surface area (Å²) in [5.74, 6) is -0.0137. The summed E-state index contributed by atoms with van der Waals surface area (Å²) < 4.78 is 30.1. The predicted octanol–water partition coefficient (Wildman–Crippen LogP) is 4.39. The van der Waals surface area contributed by atoms with E-state index in [-0.39, 0.29) is 16.3 Å². The topological polar surface area (TPSA) is 92.7 Å². The van der Waals surface area contributed by atoms with Crippen molar-refractivity contribution in [3.05, 3.63) is 82.3 Å². The van der Waals surface area contributed by atoms with Crippen LogP contribution in [0.1, 0.15) is 15.9 Å². The van der Waals surface area contributed by atoms with Crippen LogP contribution in [0.4, 0.5) is 5.69 Å². The lowest BCUT2D eigenvalue weighted by Crippen LogP contribution is -2.12. The summed E-state index contributed by atoms with van der Waals surface area (Å²) in [4.78, 5) is 12.2. The van der Waals surface area contributed by atoms with E-state index in [4.69, 9.17) is 4.74 Å². The van der Waals surface area contributed by atoms with Gasteiger partial charge in [-0.25, -0.2) is 8.42 Å². The maximum Gasteiger partial charge on any atom is 0.255 e. The normalized spacial score (nSPS) is 11.1. The zero-order valence-electron chi connectivity index (χ0n) is 15.4. The summed E-state index contributed by atoms with van der Waals surface area (Å²) in [6.07, 6.45) is 0.989. The van der Waals surface area contributed by atoms with Gasteiger partial charge in [0.05, 0.1) is 0 Å². The van der Waals surface area contributed by atoms with Crippen molar-refractivity contribution in [1.29, 1.82) is 0 Å². The maximum absolute atomic E-state index is 12.4. The molecule has 3 aromatic carbocycles. The second-order valence-corrected chi connectivity index (χ2v) is 9.25. The van der Waals surface area contributed by atoms with Crippen LogP contribution in [0.2, 0.25) is 0 Å². The molecule has 3 rings (SSSR count). The van der Waals surface area contributed by atoms with Crippen molar-refractivity contribution in [3.8, 4) is 11.5 Å². The fourth-order valence-electron chi connectivity index (χ4n) is 2.54. The number of phenols is 1. The Hall–Kier alpha value is -2.84. The van der Waals surface area contributed by atoms with Crippen molar-refractivity contribution in [3.63, 3.8) is 0 Å². The zero-order valence-corrected chi connectivity index (χ0v) is 17.8. The molecular weight excluding hydrogens is 458 g/mol. The van der Waals surface area contributed by atoms with Gasteiger partial charge in [-0.15, -0.1) is 0 Å². The van der Waals surface area contributed by atoms with Crippen molar-refractivity contribution in [1.82, 2.24) is 0 Å². The number of anilines is 1. The van der Waals surface area contributed by atoms with Crippen molar-refractivity contribution in [2.24, 2.45) is 0 Å². The van der Waals surface area contributed by atoms with Crippen LogP contribution in [0.5, 0.6) is 11.5 Å². The van der Waals surface area contributed by atoms with Crippen LogP contribution < -0.4 is 10.1 Å². The van der Waals surface area contributed by atoms with Crippen molar-refractivity contribution in [2.45, 2.75) is 11.5 Å². The van der Waals surface area contributed by atoms with Gasteiger partial charge >= 0.3 is 0 Å². The lowest BCUT2D eigenvalue weighted by molar-refractivity contribution is 0.102. The summed E-state index contributed by atoms with van der Waals surface area (Å²) >= 11 is 3.37. The van der Waals surface area contributed by atoms with Crippen molar-refractivity contribution < 1.29 is 23.1 Å². The molecule has 0 heterocycles. The number of nitrogens with one attached hydrogen (secondary N) is 1. The third-order valence-corrected chi connectivity index (χ3v) is 5.71. The standard InChI is InChI=1S/C21H18BrNO5S/c1-29(26,27)20-12-17(8-11-19(20)24)23-21(25)15-4-2-14(3-5-15)13-28-18-9-6-16(22)7-10-18/h2-12,24H,13H2,1H3,(H,23,25). The molecule has 1 amide bonds. The molecule has 0 aliphatic carbocycles. The Labute approximate surface area is 177 Å². The molecule has 0 aromatic heterocycles. The minimum Gasteiger partial charge on any atom is -0.507 e. The van der Waals surface area contributed by atoms with E-state index in [1.54, 1.807) is 24.3 Å². The molecule has 0 aliphatic heterocycles. The fourth-order valence-corrected chi connectivity index (χ4v) is 3.60. The molecular formula is C21H18BrNO5S. The first-order chi connectivity index (χ1) is 13.7. The SMILES string of the molecule is CS(=O)(=O)c1cc(NC(=O)c2ccc(COc3ccc(Br)cc3)cc2)ccc1O. The van der Waals surface area contributed by atoms with Crippen LogP contribution in [0.3, 0.4) is 0 Å². The van der Waals surface area contributed by atoms with Crippen LogP contribution in [-0.2, 0) is 16.4 Å². The van der Waals surface area contributed by atoms with Gasteiger partial charge in [0.15, 0.2) is 9.84 Å². The highest BCUT2D eigenvalue weighted by atomic mass is 79.9. The Kier molecular flexibility index (Phi) is 6.24. The molecule has 0 radical (unpaired) electrons. The highest BCUT2D eigenvalue weighted by Gasteiger charge is 2.15. The third kappa shape index (κ3) is 5.58. The lowest BCUT2D eigenvalue weighted by Gasteiger charge is -2.09. The number of benzene rings is 3. The Morgan fingerprint density at radius 1 is 1.03 bits per heavy atom. The number of carbonyl (C=O) groups is 1. The number of halogens is 1. The second kappa shape index (κ2) is 8.67. The molecule has 0 saturated heterocycles. The highest BCUT2D eigenvalue weighted by Crippen LogP contribution is 2.26. The Morgan fingerprint density at radius 3 is 2.31 bits per heavy atom. The lowest BCUT2D eigenvalue weighted by atomic mass is 10.1. The number of ether oxygens (including phenoxy) is 1. The Bertz CT molecular complexity index is 1130. The van der Waals surface area contributed by atoms with E-state index in [2.05, 4.69) is 21.2 Å². The van der Waals surface area contributed by atoms with Gasteiger partial charge in [-0.05, 0) is 60.2 Å². The van der Waals surface area contributed by atoms with E-state index >= 15 is 0 Å². The van der Waals surface area contributed by atoms with E-state index in [0.29, 0.717) is 12.2 Å². The molecule has 6 nitrogen and oxygen atoms in total. The number of hydrogen-bond acceptors (Lipinski definition) is 5. The third-order valence-electron chi connectivity index (χ3n) is 4.05. The van der Waals surface area contributed by atoms with Gasteiger partial charge in [0.1, 0.15) is 23.0 Å². The molecule has 2 N–H and O–H groups in total. The van der Waals surface area contributed by atoms with Gasteiger partial charge in [-0.1, -0.05) is 28.1 Å². The van der Waals surface area contributed by atoms with E-state index < -0.39 is 15.7 Å². The minimum absolute atomic E-state index is 0.240. The average molecular weight is 476 g/mol. The zero-order chi connectivity index (χ0) is 21.0. The van der Waals surface area contributed by atoms with Crippen LogP contribution in [0, 0.1) is 0 Å². The molecule has 0 unspecified atom stereocenters. The molecule has 8 heteroatoms. The van der Waals surface area contributed by atoms with Gasteiger partial charge in [0.2, 0.25) is 0 Å². The summed E-state index contributed by atoms with van der Waals surface area (Å²) in [6.45, 7) is 0.360. The van der Waals surface area contributed by atoms with E-state index in [9.17, 15) is 18.3 Å². The average Bonchev–Trinajstić information content (AvgIpc) is 2.68. The van der Waals surface area contributed by atoms with E-state index in [1.807, 2.05) is 24.3 Å². The molecule has 0 aliphatic rings. The Balaban J connectivity index is 1.65. The highest BCUT2D eigenvalue weighted by molar-refractivity contribution is 9.10. The monoisotopic (exact) mass is 475 g/mol. The molecule has 3 aromatic rings. The van der Waals surface area contributed by atoms with E-state index in [1.165, 1.54) is 18.2 Å². The quantitative estimate of drug-likeness (QED) is 0.515. The van der Waals surface area contributed by atoms with Gasteiger partial charge in [0.25, 0.3) is 5.91 Å². The first kappa shape index (κ1) is 20.9. The summed E-state index contributed by atoms with van der Waals surface area (Å²) in [6, 6.07) is 18.3. The molecule has 0 fully saturated rings. The van der Waals surface area contributed by atoms with Crippen LogP contribution >= 0.6 is 15.9 Å². The smallest absolute Gasteiger partial charge is 0.255 e. The molecule has 0 bridgehead atoms. The summed E-state index contributed by atoms with van der Waals surface area (Å²) in [5.41, 5.74) is 1.58. The van der Waals surface area contributed by atoms with Crippen molar-refractivity contribution in [2.75, 3.05) is 11.6 Å². The molecule has 29 heavy (non-hydrogen) atoms. The van der Waals surface area contributed by atoms with E-state index in [0.717, 1.165) is 22.0 Å². The number of amides is 1. The van der Waals surface area contributed by atoms with Gasteiger partial charge in [0, 0.05) is 22.0 Å². The second-order valence-electron chi connectivity index (χ2n) is 6.35. The van der Waals surface area contributed by atoms with Crippen LogP contribution in [0.25, 0.3) is 0 Å². The molecule has 0 atom stereocenters. The number of phenolic OH excluding ortho intramolecular Hbond substituents is 1. The number of aromatic hydroxyl groups is 1. The largest absolute Gasteiger partial charge is 0.507 e. The summed E-state index contributed by atoms with van der Waals surface area (Å²) in [5, 5.41) is 12.3. The van der Waals surface area contributed by atoms with Gasteiger partial charge < -0.3 is 15.2 Å². The number of sulfone groups is 1. The van der Waals surface area contributed by atoms with Crippen LogP contribution in [-0.4, -0.2) is 25.7 Å². The number of carbonyl (C=O) groups excluding carboxylic acids is 1. The molecule has 0 saturated carbocycles. The van der Waals surface area contributed by atoms with Gasteiger partial charge in [-0.2, -0.15) is 0 Å².